The number of aliphatic hydroxyl groups is 1. The molecule has 1 aliphatic rings. The fourth-order valence-electron chi connectivity index (χ4n) is 1.97. The molecule has 82 valence electrons. The third kappa shape index (κ3) is 3.29. The summed E-state index contributed by atoms with van der Waals surface area (Å²) >= 11 is 0. The second-order valence-corrected chi connectivity index (χ2v) is 4.83. The highest BCUT2D eigenvalue weighted by atomic mass is 16.3. The van der Waals surface area contributed by atoms with Gasteiger partial charge in [-0.05, 0) is 33.1 Å². The molecule has 0 radical (unpaired) electrons. The summed E-state index contributed by atoms with van der Waals surface area (Å²) in [5, 5.41) is 11.8. The molecule has 0 aromatic rings. The van der Waals surface area contributed by atoms with Crippen LogP contribution >= 0.6 is 0 Å². The SMILES string of the molecule is CC(C)(CCO)NC(=O)C1CCCC1. The quantitative estimate of drug-likeness (QED) is 0.720. The van der Waals surface area contributed by atoms with Crippen LogP contribution in [-0.4, -0.2) is 23.2 Å². The van der Waals surface area contributed by atoms with Crippen molar-refractivity contribution in [1.82, 2.24) is 5.32 Å². The molecular formula is C11H21NO2. The van der Waals surface area contributed by atoms with Gasteiger partial charge in [0.15, 0.2) is 0 Å². The van der Waals surface area contributed by atoms with E-state index >= 15 is 0 Å². The first-order valence-corrected chi connectivity index (χ1v) is 5.48. The van der Waals surface area contributed by atoms with Gasteiger partial charge in [-0.3, -0.25) is 4.79 Å². The normalized spacial score (nSPS) is 18.5. The molecule has 1 rings (SSSR count). The van der Waals surface area contributed by atoms with Gasteiger partial charge in [-0.2, -0.15) is 0 Å². The number of amides is 1. The highest BCUT2D eigenvalue weighted by Gasteiger charge is 2.27. The molecule has 0 unspecified atom stereocenters. The lowest BCUT2D eigenvalue weighted by atomic mass is 9.99. The van der Waals surface area contributed by atoms with Crippen molar-refractivity contribution < 1.29 is 9.90 Å². The summed E-state index contributed by atoms with van der Waals surface area (Å²) in [6, 6.07) is 0. The molecule has 1 amide bonds. The maximum Gasteiger partial charge on any atom is 0.223 e. The molecule has 0 heterocycles. The molecule has 3 nitrogen and oxygen atoms in total. The average molecular weight is 199 g/mol. The van der Waals surface area contributed by atoms with Gasteiger partial charge in [0.2, 0.25) is 5.91 Å². The fraction of sp³-hybridized carbons (Fsp3) is 0.909. The number of rotatable bonds is 4. The summed E-state index contributed by atoms with van der Waals surface area (Å²) in [6.45, 7) is 4.03. The van der Waals surface area contributed by atoms with Crippen LogP contribution in [0, 0.1) is 5.92 Å². The molecule has 14 heavy (non-hydrogen) atoms. The van der Waals surface area contributed by atoms with E-state index in [1.54, 1.807) is 0 Å². The Morgan fingerprint density at radius 3 is 2.50 bits per heavy atom. The Kier molecular flexibility index (Phi) is 3.93. The molecule has 1 saturated carbocycles. The van der Waals surface area contributed by atoms with Crippen LogP contribution in [0.4, 0.5) is 0 Å². The van der Waals surface area contributed by atoms with E-state index in [2.05, 4.69) is 5.32 Å². The summed E-state index contributed by atoms with van der Waals surface area (Å²) in [7, 11) is 0. The van der Waals surface area contributed by atoms with Crippen molar-refractivity contribution in [2.45, 2.75) is 51.5 Å². The van der Waals surface area contributed by atoms with Crippen molar-refractivity contribution in [2.24, 2.45) is 5.92 Å². The Labute approximate surface area is 85.9 Å². The van der Waals surface area contributed by atoms with Gasteiger partial charge in [-0.15, -0.1) is 0 Å². The van der Waals surface area contributed by atoms with Crippen molar-refractivity contribution in [2.75, 3.05) is 6.61 Å². The monoisotopic (exact) mass is 199 g/mol. The Bertz CT molecular complexity index is 195. The fourth-order valence-corrected chi connectivity index (χ4v) is 1.97. The van der Waals surface area contributed by atoms with E-state index in [9.17, 15) is 4.79 Å². The molecule has 0 aliphatic heterocycles. The predicted molar refractivity (Wildman–Crippen MR) is 55.9 cm³/mol. The van der Waals surface area contributed by atoms with Gasteiger partial charge in [0.05, 0.1) is 0 Å². The van der Waals surface area contributed by atoms with Gasteiger partial charge in [0.1, 0.15) is 0 Å². The van der Waals surface area contributed by atoms with E-state index in [0.717, 1.165) is 12.8 Å². The van der Waals surface area contributed by atoms with Gasteiger partial charge in [-0.1, -0.05) is 12.8 Å². The predicted octanol–water partition coefficient (Wildman–Crippen LogP) is 1.45. The molecule has 0 saturated heterocycles. The third-order valence-corrected chi connectivity index (χ3v) is 2.92. The van der Waals surface area contributed by atoms with E-state index in [0.29, 0.717) is 6.42 Å². The van der Waals surface area contributed by atoms with Gasteiger partial charge in [0, 0.05) is 18.1 Å². The molecule has 0 bridgehead atoms. The first-order chi connectivity index (χ1) is 6.55. The zero-order valence-electron chi connectivity index (χ0n) is 9.18. The standard InChI is InChI=1S/C11H21NO2/c1-11(2,7-8-13)12-10(14)9-5-3-4-6-9/h9,13H,3-8H2,1-2H3,(H,12,14). The van der Waals surface area contributed by atoms with Crippen molar-refractivity contribution in [3.8, 4) is 0 Å². The van der Waals surface area contributed by atoms with E-state index in [1.807, 2.05) is 13.8 Å². The van der Waals surface area contributed by atoms with E-state index in [1.165, 1.54) is 12.8 Å². The Balaban J connectivity index is 2.38. The summed E-state index contributed by atoms with van der Waals surface area (Å²) in [5.74, 6) is 0.383. The average Bonchev–Trinajstić information content (AvgIpc) is 2.53. The van der Waals surface area contributed by atoms with E-state index in [-0.39, 0.29) is 24.0 Å². The van der Waals surface area contributed by atoms with Crippen LogP contribution in [-0.2, 0) is 4.79 Å². The molecular weight excluding hydrogens is 178 g/mol. The minimum absolute atomic E-state index is 0.123. The second kappa shape index (κ2) is 4.78. The molecule has 0 atom stereocenters. The summed E-state index contributed by atoms with van der Waals surface area (Å²) in [6.07, 6.45) is 5.03. The minimum Gasteiger partial charge on any atom is -0.396 e. The van der Waals surface area contributed by atoms with Crippen molar-refractivity contribution in [1.29, 1.82) is 0 Å². The lowest BCUT2D eigenvalue weighted by Crippen LogP contribution is -2.46. The molecule has 0 spiro atoms. The molecule has 0 aromatic heterocycles. The molecule has 1 aliphatic carbocycles. The van der Waals surface area contributed by atoms with Crippen LogP contribution in [0.25, 0.3) is 0 Å². The number of hydrogen-bond acceptors (Lipinski definition) is 2. The number of carbonyl (C=O) groups excluding carboxylic acids is 1. The van der Waals surface area contributed by atoms with Gasteiger partial charge in [0.25, 0.3) is 0 Å². The molecule has 2 N–H and O–H groups in total. The van der Waals surface area contributed by atoms with Crippen LogP contribution in [0.3, 0.4) is 0 Å². The van der Waals surface area contributed by atoms with Crippen LogP contribution in [0.5, 0.6) is 0 Å². The summed E-state index contributed by atoms with van der Waals surface area (Å²) in [4.78, 5) is 11.7. The number of nitrogens with one attached hydrogen (secondary N) is 1. The van der Waals surface area contributed by atoms with E-state index in [4.69, 9.17) is 5.11 Å². The lowest BCUT2D eigenvalue weighted by molar-refractivity contribution is -0.126. The second-order valence-electron chi connectivity index (χ2n) is 4.83. The zero-order chi connectivity index (χ0) is 10.6. The van der Waals surface area contributed by atoms with Crippen LogP contribution in [0.15, 0.2) is 0 Å². The van der Waals surface area contributed by atoms with Gasteiger partial charge in [-0.25, -0.2) is 0 Å². The summed E-state index contributed by atoms with van der Waals surface area (Å²) < 4.78 is 0. The van der Waals surface area contributed by atoms with Crippen molar-refractivity contribution in [3.05, 3.63) is 0 Å². The number of carbonyl (C=O) groups is 1. The molecule has 0 aromatic carbocycles. The molecule has 1 fully saturated rings. The smallest absolute Gasteiger partial charge is 0.223 e. The number of aliphatic hydroxyl groups excluding tert-OH is 1. The first kappa shape index (κ1) is 11.5. The molecule has 3 heteroatoms. The number of hydrogen-bond donors (Lipinski definition) is 2. The zero-order valence-corrected chi connectivity index (χ0v) is 9.18. The van der Waals surface area contributed by atoms with Gasteiger partial charge >= 0.3 is 0 Å². The van der Waals surface area contributed by atoms with Crippen LogP contribution in [0.2, 0.25) is 0 Å². The maximum atomic E-state index is 11.7. The van der Waals surface area contributed by atoms with Gasteiger partial charge < -0.3 is 10.4 Å². The topological polar surface area (TPSA) is 49.3 Å². The highest BCUT2D eigenvalue weighted by Crippen LogP contribution is 2.25. The maximum absolute atomic E-state index is 11.7. The van der Waals surface area contributed by atoms with Crippen LogP contribution < -0.4 is 5.32 Å². The largest absolute Gasteiger partial charge is 0.396 e. The Morgan fingerprint density at radius 1 is 1.43 bits per heavy atom. The highest BCUT2D eigenvalue weighted by molar-refractivity contribution is 5.79. The van der Waals surface area contributed by atoms with Crippen LogP contribution in [0.1, 0.15) is 46.0 Å². The van der Waals surface area contributed by atoms with Crippen molar-refractivity contribution >= 4 is 5.91 Å². The van der Waals surface area contributed by atoms with Crippen molar-refractivity contribution in [3.63, 3.8) is 0 Å². The Morgan fingerprint density at radius 2 is 2.00 bits per heavy atom. The first-order valence-electron chi connectivity index (χ1n) is 5.48. The Hall–Kier alpha value is -0.570. The van der Waals surface area contributed by atoms with E-state index < -0.39 is 0 Å². The summed E-state index contributed by atoms with van der Waals surface area (Å²) in [5.41, 5.74) is -0.269. The third-order valence-electron chi connectivity index (χ3n) is 2.92. The minimum atomic E-state index is -0.269. The lowest BCUT2D eigenvalue weighted by Gasteiger charge is -2.27.